The highest BCUT2D eigenvalue weighted by atomic mass is 35.5. The van der Waals surface area contributed by atoms with Crippen LogP contribution < -0.4 is 10.6 Å². The zero-order valence-electron chi connectivity index (χ0n) is 15.0. The van der Waals surface area contributed by atoms with Gasteiger partial charge in [-0.05, 0) is 33.6 Å². The van der Waals surface area contributed by atoms with Crippen LogP contribution in [0, 0.1) is 0 Å². The van der Waals surface area contributed by atoms with Crippen LogP contribution in [0.1, 0.15) is 33.6 Å². The molecule has 2 fully saturated rings. The number of carbonyl (C=O) groups excluding carboxylic acids is 1. The summed E-state index contributed by atoms with van der Waals surface area (Å²) < 4.78 is 11.1. The molecule has 0 bridgehead atoms. The number of likely N-dealkylation sites (tertiary alicyclic amines) is 1. The summed E-state index contributed by atoms with van der Waals surface area (Å²) in [4.78, 5) is 14.7. The van der Waals surface area contributed by atoms with Crippen LogP contribution in [0.2, 0.25) is 0 Å². The molecule has 0 spiro atoms. The van der Waals surface area contributed by atoms with Crippen molar-refractivity contribution in [3.05, 3.63) is 0 Å². The molecule has 2 heterocycles. The van der Waals surface area contributed by atoms with Crippen LogP contribution in [0.3, 0.4) is 0 Å². The highest BCUT2D eigenvalue weighted by Crippen LogP contribution is 2.12. The Bertz CT molecular complexity index is 353. The molecule has 8 heteroatoms. The second-order valence-electron chi connectivity index (χ2n) is 6.55. The molecule has 24 heavy (non-hydrogen) atoms. The highest BCUT2D eigenvalue weighted by Gasteiger charge is 2.30. The van der Waals surface area contributed by atoms with Crippen molar-refractivity contribution < 1.29 is 14.3 Å². The monoisotopic (exact) mass is 385 g/mol. The predicted octanol–water partition coefficient (Wildman–Crippen LogP) is 1.21. The molecule has 0 aromatic carbocycles. The Morgan fingerprint density at radius 3 is 2.58 bits per heavy atom. The zero-order valence-corrected chi connectivity index (χ0v) is 16.6. The van der Waals surface area contributed by atoms with E-state index in [1.807, 2.05) is 6.92 Å². The molecule has 2 aliphatic rings. The molecule has 0 radical (unpaired) electrons. The summed E-state index contributed by atoms with van der Waals surface area (Å²) in [6, 6.07) is 0.0666. The summed E-state index contributed by atoms with van der Waals surface area (Å²) in [6.07, 6.45) is 2.26. The third kappa shape index (κ3) is 7.85. The summed E-state index contributed by atoms with van der Waals surface area (Å²) in [5, 5.41) is 6.42. The Morgan fingerprint density at radius 1 is 1.33 bits per heavy atom. The van der Waals surface area contributed by atoms with Gasteiger partial charge in [0.1, 0.15) is 6.04 Å². The number of hydrogen-bond acceptors (Lipinski definition) is 5. The van der Waals surface area contributed by atoms with Crippen molar-refractivity contribution in [1.82, 2.24) is 15.5 Å². The van der Waals surface area contributed by atoms with Crippen molar-refractivity contribution in [2.45, 2.75) is 57.9 Å². The van der Waals surface area contributed by atoms with Crippen molar-refractivity contribution in [2.24, 2.45) is 0 Å². The maximum absolute atomic E-state index is 12.3. The number of ether oxygens (including phenoxy) is 2. The Balaban J connectivity index is 0.00000264. The van der Waals surface area contributed by atoms with Crippen LogP contribution in [0.4, 0.5) is 0 Å². The van der Waals surface area contributed by atoms with Gasteiger partial charge in [-0.15, -0.1) is 24.8 Å². The van der Waals surface area contributed by atoms with Crippen LogP contribution in [0.5, 0.6) is 0 Å². The van der Waals surface area contributed by atoms with Gasteiger partial charge in [-0.3, -0.25) is 4.79 Å². The summed E-state index contributed by atoms with van der Waals surface area (Å²) >= 11 is 0. The second kappa shape index (κ2) is 12.3. The molecular formula is C16H33Cl2N3O3. The number of carbonyl (C=O) groups is 1. The van der Waals surface area contributed by atoms with E-state index in [0.29, 0.717) is 12.7 Å². The van der Waals surface area contributed by atoms with Crippen LogP contribution >= 0.6 is 24.8 Å². The standard InChI is InChI=1S/C16H31N3O3.2ClH/c1-12(2)21-11-9-19-7-4-14(5-8-19)18-16(20)15-13(3)22-10-6-17-15;;/h12-15,17H,4-11H2,1-3H3,(H,18,20);2*1H/t13-,15+;;/m1../s1. The third-order valence-electron chi connectivity index (χ3n) is 4.39. The molecule has 0 aromatic rings. The normalized spacial score (nSPS) is 25.7. The lowest BCUT2D eigenvalue weighted by atomic mass is 10.0. The third-order valence-corrected chi connectivity index (χ3v) is 4.39. The van der Waals surface area contributed by atoms with Gasteiger partial charge < -0.3 is 25.0 Å². The van der Waals surface area contributed by atoms with Gasteiger partial charge in [0, 0.05) is 32.2 Å². The summed E-state index contributed by atoms with van der Waals surface area (Å²) in [6.45, 7) is 11.3. The van der Waals surface area contributed by atoms with E-state index in [4.69, 9.17) is 9.47 Å². The van der Waals surface area contributed by atoms with E-state index in [1.165, 1.54) is 0 Å². The first-order valence-corrected chi connectivity index (χ1v) is 8.55. The Kier molecular flexibility index (Phi) is 12.2. The largest absolute Gasteiger partial charge is 0.377 e. The molecule has 2 rings (SSSR count). The van der Waals surface area contributed by atoms with Gasteiger partial charge in [0.15, 0.2) is 0 Å². The van der Waals surface area contributed by atoms with Crippen molar-refractivity contribution in [3.8, 4) is 0 Å². The lowest BCUT2D eigenvalue weighted by molar-refractivity contribution is -0.130. The van der Waals surface area contributed by atoms with Gasteiger partial charge in [0.25, 0.3) is 0 Å². The number of piperidine rings is 1. The smallest absolute Gasteiger partial charge is 0.240 e. The van der Waals surface area contributed by atoms with Gasteiger partial charge in [0.05, 0.1) is 25.4 Å². The molecule has 2 saturated heterocycles. The maximum Gasteiger partial charge on any atom is 0.240 e. The van der Waals surface area contributed by atoms with E-state index in [1.54, 1.807) is 0 Å². The van der Waals surface area contributed by atoms with Crippen molar-refractivity contribution in [2.75, 3.05) is 39.4 Å². The topological polar surface area (TPSA) is 62.8 Å². The van der Waals surface area contributed by atoms with Gasteiger partial charge in [-0.2, -0.15) is 0 Å². The fourth-order valence-electron chi connectivity index (χ4n) is 3.04. The minimum atomic E-state index is -0.216. The fourth-order valence-corrected chi connectivity index (χ4v) is 3.04. The van der Waals surface area contributed by atoms with Crippen LogP contribution in [-0.4, -0.2) is 74.5 Å². The number of halogens is 2. The van der Waals surface area contributed by atoms with E-state index >= 15 is 0 Å². The Hall–Kier alpha value is -0.110. The summed E-state index contributed by atoms with van der Waals surface area (Å²) in [5.74, 6) is 0.0776. The van der Waals surface area contributed by atoms with Gasteiger partial charge in [-0.25, -0.2) is 0 Å². The number of morpholine rings is 1. The van der Waals surface area contributed by atoms with E-state index in [-0.39, 0.29) is 48.9 Å². The van der Waals surface area contributed by atoms with Crippen LogP contribution in [0.25, 0.3) is 0 Å². The molecule has 0 unspecified atom stereocenters. The number of amides is 1. The van der Waals surface area contributed by atoms with Crippen molar-refractivity contribution >= 4 is 30.7 Å². The average Bonchev–Trinajstić information content (AvgIpc) is 2.49. The zero-order chi connectivity index (χ0) is 15.9. The van der Waals surface area contributed by atoms with E-state index in [2.05, 4.69) is 29.4 Å². The SMILES string of the molecule is CC(C)OCCN1CCC(NC(=O)[C@H]2NCCO[C@@H]2C)CC1.Cl.Cl. The van der Waals surface area contributed by atoms with Gasteiger partial charge in [0.2, 0.25) is 5.91 Å². The molecule has 0 aliphatic carbocycles. The van der Waals surface area contributed by atoms with Gasteiger partial charge >= 0.3 is 0 Å². The van der Waals surface area contributed by atoms with Crippen molar-refractivity contribution in [1.29, 1.82) is 0 Å². The van der Waals surface area contributed by atoms with E-state index in [9.17, 15) is 4.79 Å². The summed E-state index contributed by atoms with van der Waals surface area (Å²) in [7, 11) is 0. The van der Waals surface area contributed by atoms with Crippen molar-refractivity contribution in [3.63, 3.8) is 0 Å². The number of nitrogens with one attached hydrogen (secondary N) is 2. The lowest BCUT2D eigenvalue weighted by Gasteiger charge is -2.35. The lowest BCUT2D eigenvalue weighted by Crippen LogP contribution is -2.58. The first kappa shape index (κ1) is 23.9. The molecule has 0 aromatic heterocycles. The Morgan fingerprint density at radius 2 is 2.00 bits per heavy atom. The average molecular weight is 386 g/mol. The van der Waals surface area contributed by atoms with Crippen LogP contribution in [-0.2, 0) is 14.3 Å². The number of nitrogens with zero attached hydrogens (tertiary/aromatic N) is 1. The molecule has 2 aliphatic heterocycles. The Labute approximate surface area is 158 Å². The van der Waals surface area contributed by atoms with Crippen LogP contribution in [0.15, 0.2) is 0 Å². The number of hydrogen-bond donors (Lipinski definition) is 2. The molecule has 2 atom stereocenters. The van der Waals surface area contributed by atoms with E-state index < -0.39 is 0 Å². The van der Waals surface area contributed by atoms with Gasteiger partial charge in [-0.1, -0.05) is 0 Å². The number of rotatable bonds is 6. The molecule has 0 saturated carbocycles. The first-order chi connectivity index (χ1) is 10.6. The quantitative estimate of drug-likeness (QED) is 0.719. The predicted molar refractivity (Wildman–Crippen MR) is 100 cm³/mol. The molecule has 2 N–H and O–H groups in total. The minimum absolute atomic E-state index is 0. The molecule has 1 amide bonds. The minimum Gasteiger partial charge on any atom is -0.377 e. The fraction of sp³-hybridized carbons (Fsp3) is 0.938. The molecule has 6 nitrogen and oxygen atoms in total. The first-order valence-electron chi connectivity index (χ1n) is 8.55. The molecular weight excluding hydrogens is 353 g/mol. The summed E-state index contributed by atoms with van der Waals surface area (Å²) in [5.41, 5.74) is 0. The maximum atomic E-state index is 12.3. The van der Waals surface area contributed by atoms with E-state index in [0.717, 1.165) is 45.6 Å². The molecule has 144 valence electrons. The second-order valence-corrected chi connectivity index (χ2v) is 6.55. The highest BCUT2D eigenvalue weighted by molar-refractivity contribution is 5.85.